The maximum atomic E-state index is 4.38. The molecule has 4 heteroatoms. The van der Waals surface area contributed by atoms with Crippen LogP contribution in [-0.4, -0.2) is 22.4 Å². The molecular weight excluding hydrogens is 176 g/mol. The summed E-state index contributed by atoms with van der Waals surface area (Å²) in [7, 11) is 1.98. The summed E-state index contributed by atoms with van der Waals surface area (Å²) in [6.07, 6.45) is 0. The van der Waals surface area contributed by atoms with Gasteiger partial charge in [0, 0.05) is 19.6 Å². The SMILES string of the molecule is Cc1nn(C)c2c1NCC(C(C)C)N2. The monoisotopic (exact) mass is 194 g/mol. The molecule has 1 unspecified atom stereocenters. The van der Waals surface area contributed by atoms with Crippen LogP contribution in [0.15, 0.2) is 0 Å². The first-order chi connectivity index (χ1) is 6.59. The van der Waals surface area contributed by atoms with Crippen LogP contribution in [0.3, 0.4) is 0 Å². The molecular formula is C10H18N4. The van der Waals surface area contributed by atoms with E-state index in [9.17, 15) is 0 Å². The van der Waals surface area contributed by atoms with Crippen LogP contribution in [0.1, 0.15) is 19.5 Å². The van der Waals surface area contributed by atoms with E-state index in [0.29, 0.717) is 12.0 Å². The van der Waals surface area contributed by atoms with Crippen molar-refractivity contribution in [3.63, 3.8) is 0 Å². The maximum absolute atomic E-state index is 4.38. The summed E-state index contributed by atoms with van der Waals surface area (Å²) in [5, 5.41) is 11.3. The number of hydrogen-bond acceptors (Lipinski definition) is 3. The third-order valence-electron chi connectivity index (χ3n) is 2.85. The molecule has 0 aromatic carbocycles. The van der Waals surface area contributed by atoms with Gasteiger partial charge in [0.2, 0.25) is 0 Å². The molecule has 0 radical (unpaired) electrons. The van der Waals surface area contributed by atoms with Crippen molar-refractivity contribution in [3.8, 4) is 0 Å². The van der Waals surface area contributed by atoms with Crippen molar-refractivity contribution < 1.29 is 0 Å². The fourth-order valence-electron chi connectivity index (χ4n) is 1.88. The zero-order chi connectivity index (χ0) is 10.3. The second-order valence-corrected chi connectivity index (χ2v) is 4.31. The minimum Gasteiger partial charge on any atom is -0.378 e. The normalized spacial score (nSPS) is 20.2. The Morgan fingerprint density at radius 1 is 1.50 bits per heavy atom. The molecule has 0 saturated heterocycles. The molecule has 0 aliphatic carbocycles. The number of nitrogens with zero attached hydrogens (tertiary/aromatic N) is 2. The highest BCUT2D eigenvalue weighted by molar-refractivity contribution is 5.70. The van der Waals surface area contributed by atoms with E-state index in [4.69, 9.17) is 0 Å². The molecule has 14 heavy (non-hydrogen) atoms. The molecule has 1 aliphatic heterocycles. The molecule has 1 atom stereocenters. The summed E-state index contributed by atoms with van der Waals surface area (Å²) in [5.41, 5.74) is 2.22. The lowest BCUT2D eigenvalue weighted by Gasteiger charge is -2.29. The Morgan fingerprint density at radius 2 is 2.21 bits per heavy atom. The number of aromatic nitrogens is 2. The average molecular weight is 194 g/mol. The molecule has 0 amide bonds. The van der Waals surface area contributed by atoms with E-state index in [1.54, 1.807) is 0 Å². The van der Waals surface area contributed by atoms with Crippen LogP contribution in [0, 0.1) is 12.8 Å². The zero-order valence-corrected chi connectivity index (χ0v) is 9.26. The van der Waals surface area contributed by atoms with Gasteiger partial charge in [-0.05, 0) is 12.8 Å². The van der Waals surface area contributed by atoms with Gasteiger partial charge in [0.25, 0.3) is 0 Å². The third kappa shape index (κ3) is 1.35. The Balaban J connectivity index is 2.30. The van der Waals surface area contributed by atoms with Crippen LogP contribution in [-0.2, 0) is 7.05 Å². The van der Waals surface area contributed by atoms with E-state index in [-0.39, 0.29) is 0 Å². The smallest absolute Gasteiger partial charge is 0.148 e. The lowest BCUT2D eigenvalue weighted by Crippen LogP contribution is -2.37. The predicted molar refractivity (Wildman–Crippen MR) is 58.7 cm³/mol. The molecule has 0 spiro atoms. The van der Waals surface area contributed by atoms with Gasteiger partial charge in [-0.15, -0.1) is 0 Å². The van der Waals surface area contributed by atoms with Crippen LogP contribution < -0.4 is 10.6 Å². The van der Waals surface area contributed by atoms with Crippen molar-refractivity contribution in [2.75, 3.05) is 17.2 Å². The number of nitrogens with one attached hydrogen (secondary N) is 2. The number of rotatable bonds is 1. The molecule has 1 aromatic rings. The zero-order valence-electron chi connectivity index (χ0n) is 9.26. The summed E-state index contributed by atoms with van der Waals surface area (Å²) in [6, 6.07) is 0.497. The number of hydrogen-bond donors (Lipinski definition) is 2. The minimum absolute atomic E-state index is 0.497. The highest BCUT2D eigenvalue weighted by atomic mass is 15.3. The second kappa shape index (κ2) is 3.19. The number of fused-ring (bicyclic) bond motifs is 1. The maximum Gasteiger partial charge on any atom is 0.148 e. The molecule has 4 nitrogen and oxygen atoms in total. The van der Waals surface area contributed by atoms with Crippen LogP contribution in [0.5, 0.6) is 0 Å². The van der Waals surface area contributed by atoms with Crippen molar-refractivity contribution in [1.82, 2.24) is 9.78 Å². The molecule has 2 N–H and O–H groups in total. The van der Waals surface area contributed by atoms with Crippen LogP contribution in [0.4, 0.5) is 11.5 Å². The standard InChI is InChI=1S/C10H18N4/c1-6(2)8-5-11-9-7(3)13-14(4)10(9)12-8/h6,8,11-12H,5H2,1-4H3. The number of anilines is 2. The van der Waals surface area contributed by atoms with E-state index in [0.717, 1.165) is 23.7 Å². The molecule has 2 heterocycles. The quantitative estimate of drug-likeness (QED) is 0.713. The van der Waals surface area contributed by atoms with E-state index < -0.39 is 0 Å². The molecule has 0 fully saturated rings. The molecule has 1 aromatic heterocycles. The Labute approximate surface area is 84.7 Å². The third-order valence-corrected chi connectivity index (χ3v) is 2.85. The van der Waals surface area contributed by atoms with E-state index in [2.05, 4.69) is 29.6 Å². The lowest BCUT2D eigenvalue weighted by molar-refractivity contribution is 0.531. The summed E-state index contributed by atoms with van der Waals surface area (Å²) < 4.78 is 1.91. The Morgan fingerprint density at radius 3 is 2.86 bits per heavy atom. The first-order valence-electron chi connectivity index (χ1n) is 5.13. The summed E-state index contributed by atoms with van der Waals surface area (Å²) in [6.45, 7) is 7.47. The Bertz CT molecular complexity index is 340. The van der Waals surface area contributed by atoms with Crippen LogP contribution in [0.2, 0.25) is 0 Å². The lowest BCUT2D eigenvalue weighted by atomic mass is 10.0. The Hall–Kier alpha value is -1.19. The molecule has 0 bridgehead atoms. The van der Waals surface area contributed by atoms with Crippen molar-refractivity contribution >= 4 is 11.5 Å². The van der Waals surface area contributed by atoms with Gasteiger partial charge in [-0.25, -0.2) is 0 Å². The molecule has 78 valence electrons. The van der Waals surface area contributed by atoms with Gasteiger partial charge < -0.3 is 10.6 Å². The summed E-state index contributed by atoms with van der Waals surface area (Å²) in [4.78, 5) is 0. The molecule has 0 saturated carbocycles. The van der Waals surface area contributed by atoms with Gasteiger partial charge in [0.1, 0.15) is 11.5 Å². The van der Waals surface area contributed by atoms with Crippen molar-refractivity contribution in [2.24, 2.45) is 13.0 Å². The highest BCUT2D eigenvalue weighted by Crippen LogP contribution is 2.29. The van der Waals surface area contributed by atoms with Gasteiger partial charge in [0.05, 0.1) is 5.69 Å². The molecule has 2 rings (SSSR count). The van der Waals surface area contributed by atoms with Gasteiger partial charge in [-0.3, -0.25) is 4.68 Å². The summed E-state index contributed by atoms with van der Waals surface area (Å²) in [5.74, 6) is 1.75. The van der Waals surface area contributed by atoms with E-state index in [1.807, 2.05) is 18.7 Å². The predicted octanol–water partition coefficient (Wildman–Crippen LogP) is 1.59. The van der Waals surface area contributed by atoms with Gasteiger partial charge >= 0.3 is 0 Å². The van der Waals surface area contributed by atoms with Crippen molar-refractivity contribution in [3.05, 3.63) is 5.69 Å². The van der Waals surface area contributed by atoms with E-state index in [1.165, 1.54) is 0 Å². The van der Waals surface area contributed by atoms with Gasteiger partial charge in [-0.1, -0.05) is 13.8 Å². The first-order valence-corrected chi connectivity index (χ1v) is 5.13. The van der Waals surface area contributed by atoms with Gasteiger partial charge in [0.15, 0.2) is 0 Å². The van der Waals surface area contributed by atoms with Gasteiger partial charge in [-0.2, -0.15) is 5.10 Å². The Kier molecular flexibility index (Phi) is 2.13. The summed E-state index contributed by atoms with van der Waals surface area (Å²) >= 11 is 0. The minimum atomic E-state index is 0.497. The first kappa shape index (κ1) is 9.37. The van der Waals surface area contributed by atoms with Crippen molar-refractivity contribution in [1.29, 1.82) is 0 Å². The fourth-order valence-corrected chi connectivity index (χ4v) is 1.88. The number of aryl methyl sites for hydroxylation is 2. The van der Waals surface area contributed by atoms with Crippen molar-refractivity contribution in [2.45, 2.75) is 26.8 Å². The average Bonchev–Trinajstić information content (AvgIpc) is 2.42. The fraction of sp³-hybridized carbons (Fsp3) is 0.700. The largest absolute Gasteiger partial charge is 0.378 e. The second-order valence-electron chi connectivity index (χ2n) is 4.31. The molecule has 1 aliphatic rings. The topological polar surface area (TPSA) is 41.9 Å². The van der Waals surface area contributed by atoms with E-state index >= 15 is 0 Å². The van der Waals surface area contributed by atoms with Crippen LogP contribution >= 0.6 is 0 Å². The van der Waals surface area contributed by atoms with Crippen LogP contribution in [0.25, 0.3) is 0 Å². The highest BCUT2D eigenvalue weighted by Gasteiger charge is 2.24.